The summed E-state index contributed by atoms with van der Waals surface area (Å²) in [7, 11) is 0. The molecule has 1 aromatic carbocycles. The van der Waals surface area contributed by atoms with Crippen LogP contribution in [0.1, 0.15) is 83.3 Å². The Bertz CT molecular complexity index is 737. The molecule has 0 fully saturated rings. The summed E-state index contributed by atoms with van der Waals surface area (Å²) in [6.45, 7) is 7.91. The van der Waals surface area contributed by atoms with Crippen molar-refractivity contribution >= 4 is 17.9 Å². The maximum atomic E-state index is 13.3. The molecule has 7 heteroatoms. The Labute approximate surface area is 186 Å². The van der Waals surface area contributed by atoms with Crippen molar-refractivity contribution in [1.29, 1.82) is 0 Å². The summed E-state index contributed by atoms with van der Waals surface area (Å²) in [6, 6.07) is 7.74. The van der Waals surface area contributed by atoms with Gasteiger partial charge in [-0.15, -0.1) is 0 Å². The van der Waals surface area contributed by atoms with E-state index >= 15 is 0 Å². The molecule has 0 radical (unpaired) electrons. The molecule has 0 saturated carbocycles. The highest BCUT2D eigenvalue weighted by atomic mass is 16.2. The van der Waals surface area contributed by atoms with E-state index in [4.69, 9.17) is 5.73 Å². The Hall–Kier alpha value is -2.57. The quantitative estimate of drug-likeness (QED) is 0.412. The Kier molecular flexibility index (Phi) is 9.82. The fourth-order valence-corrected chi connectivity index (χ4v) is 3.79. The molecule has 1 heterocycles. The molecule has 7 nitrogen and oxygen atoms in total. The van der Waals surface area contributed by atoms with Crippen molar-refractivity contribution in [2.24, 2.45) is 10.7 Å². The van der Waals surface area contributed by atoms with Gasteiger partial charge in [0.25, 0.3) is 5.91 Å². The third-order valence-corrected chi connectivity index (χ3v) is 5.77. The first-order valence-electron chi connectivity index (χ1n) is 11.7. The summed E-state index contributed by atoms with van der Waals surface area (Å²) in [5.74, 6) is 0.355. The lowest BCUT2D eigenvalue weighted by atomic mass is 9.87. The molecule has 1 aliphatic heterocycles. The van der Waals surface area contributed by atoms with Crippen molar-refractivity contribution in [2.75, 3.05) is 6.54 Å². The lowest BCUT2D eigenvalue weighted by Crippen LogP contribution is -2.44. The van der Waals surface area contributed by atoms with Gasteiger partial charge >= 0.3 is 6.03 Å². The number of benzene rings is 1. The van der Waals surface area contributed by atoms with Crippen molar-refractivity contribution in [2.45, 2.75) is 90.8 Å². The topological polar surface area (TPSA) is 99.8 Å². The minimum atomic E-state index is -0.689. The number of hydrogen-bond acceptors (Lipinski definition) is 4. The summed E-state index contributed by atoms with van der Waals surface area (Å²) < 4.78 is 0. The molecule has 0 aliphatic carbocycles. The lowest BCUT2D eigenvalue weighted by molar-refractivity contribution is -0.132. The monoisotopic (exact) mass is 429 g/mol. The summed E-state index contributed by atoms with van der Waals surface area (Å²) >= 11 is 0. The maximum Gasteiger partial charge on any atom is 0.315 e. The van der Waals surface area contributed by atoms with Crippen LogP contribution in [0.2, 0.25) is 0 Å². The highest BCUT2D eigenvalue weighted by Gasteiger charge is 2.46. The molecule has 0 spiro atoms. The average Bonchev–Trinajstić information content (AvgIpc) is 3.00. The molecule has 0 saturated heterocycles. The Morgan fingerprint density at radius 2 is 1.55 bits per heavy atom. The SMILES string of the molecule is CCCCNC(=O)NCc1ccc(CN2C(=O)C(CCCC)(CCCC)N=C2N)cc1. The molecule has 0 unspecified atom stereocenters. The molecule has 2 rings (SSSR count). The van der Waals surface area contributed by atoms with Gasteiger partial charge in [-0.05, 0) is 30.4 Å². The number of unbranched alkanes of at least 4 members (excludes halogenated alkanes) is 3. The van der Waals surface area contributed by atoms with Gasteiger partial charge in [0.2, 0.25) is 0 Å². The molecule has 4 N–H and O–H groups in total. The van der Waals surface area contributed by atoms with E-state index in [-0.39, 0.29) is 11.9 Å². The van der Waals surface area contributed by atoms with Crippen LogP contribution in [0.15, 0.2) is 29.3 Å². The zero-order valence-electron chi connectivity index (χ0n) is 19.4. The molecule has 1 aromatic rings. The molecular formula is C24H39N5O2. The second kappa shape index (κ2) is 12.3. The third kappa shape index (κ3) is 6.97. The standard InChI is InChI=1S/C24H39N5O2/c1-4-7-14-24(15-8-5-2)21(30)29(22(25)28-24)18-20-12-10-19(11-13-20)17-27-23(31)26-16-9-6-3/h10-13H,4-9,14-18H2,1-3H3,(H2,25,28)(H2,26,27,31). The van der Waals surface area contributed by atoms with Gasteiger partial charge in [0.1, 0.15) is 5.54 Å². The maximum absolute atomic E-state index is 13.3. The van der Waals surface area contributed by atoms with Crippen molar-refractivity contribution < 1.29 is 9.59 Å². The van der Waals surface area contributed by atoms with Crippen LogP contribution in [-0.2, 0) is 17.9 Å². The number of guanidine groups is 1. The molecule has 3 amide bonds. The second-order valence-corrected chi connectivity index (χ2v) is 8.38. The van der Waals surface area contributed by atoms with Gasteiger partial charge < -0.3 is 16.4 Å². The highest BCUT2D eigenvalue weighted by Crippen LogP contribution is 2.33. The van der Waals surface area contributed by atoms with E-state index < -0.39 is 5.54 Å². The van der Waals surface area contributed by atoms with Crippen LogP contribution in [0, 0.1) is 0 Å². The minimum absolute atomic E-state index is 0.0291. The van der Waals surface area contributed by atoms with Crippen LogP contribution in [0.4, 0.5) is 4.79 Å². The van der Waals surface area contributed by atoms with E-state index in [9.17, 15) is 9.59 Å². The van der Waals surface area contributed by atoms with Crippen molar-refractivity contribution in [1.82, 2.24) is 15.5 Å². The summed E-state index contributed by atoms with van der Waals surface area (Å²) in [6.07, 6.45) is 7.53. The zero-order chi connectivity index (χ0) is 22.7. The van der Waals surface area contributed by atoms with Gasteiger partial charge in [0, 0.05) is 13.1 Å². The summed E-state index contributed by atoms with van der Waals surface area (Å²) in [5.41, 5.74) is 7.50. The minimum Gasteiger partial charge on any atom is -0.369 e. The van der Waals surface area contributed by atoms with Crippen molar-refractivity contribution in [3.8, 4) is 0 Å². The molecule has 172 valence electrons. The predicted octanol–water partition coefficient (Wildman–Crippen LogP) is 4.06. The first kappa shape index (κ1) is 24.7. The van der Waals surface area contributed by atoms with E-state index in [1.54, 1.807) is 4.90 Å². The van der Waals surface area contributed by atoms with E-state index in [0.717, 1.165) is 62.5 Å². The molecule has 31 heavy (non-hydrogen) atoms. The third-order valence-electron chi connectivity index (χ3n) is 5.77. The zero-order valence-corrected chi connectivity index (χ0v) is 19.4. The summed E-state index contributed by atoms with van der Waals surface area (Å²) in [4.78, 5) is 31.4. The molecule has 0 atom stereocenters. The van der Waals surface area contributed by atoms with Crippen LogP contribution in [0.5, 0.6) is 0 Å². The molecule has 0 bridgehead atoms. The number of nitrogens with two attached hydrogens (primary N) is 1. The molecular weight excluding hydrogens is 390 g/mol. The van der Waals surface area contributed by atoms with E-state index in [1.807, 2.05) is 24.3 Å². The van der Waals surface area contributed by atoms with Crippen LogP contribution >= 0.6 is 0 Å². The van der Waals surface area contributed by atoms with E-state index in [2.05, 4.69) is 36.4 Å². The number of carbonyl (C=O) groups excluding carboxylic acids is 2. The Balaban J connectivity index is 1.95. The van der Waals surface area contributed by atoms with E-state index in [1.165, 1.54) is 0 Å². The Morgan fingerprint density at radius 3 is 2.13 bits per heavy atom. The molecule has 0 aromatic heterocycles. The van der Waals surface area contributed by atoms with Crippen molar-refractivity contribution in [3.05, 3.63) is 35.4 Å². The van der Waals surface area contributed by atoms with Gasteiger partial charge in [-0.25, -0.2) is 9.79 Å². The lowest BCUT2D eigenvalue weighted by Gasteiger charge is -2.26. The number of nitrogens with one attached hydrogen (secondary N) is 2. The normalized spacial score (nSPS) is 15.1. The van der Waals surface area contributed by atoms with Crippen LogP contribution < -0.4 is 16.4 Å². The van der Waals surface area contributed by atoms with Gasteiger partial charge in [-0.3, -0.25) is 9.69 Å². The van der Waals surface area contributed by atoms with Gasteiger partial charge in [-0.2, -0.15) is 0 Å². The average molecular weight is 430 g/mol. The first-order valence-corrected chi connectivity index (χ1v) is 11.7. The molecule has 1 aliphatic rings. The number of nitrogens with zero attached hydrogens (tertiary/aromatic N) is 2. The number of amides is 3. The number of hydrogen-bond donors (Lipinski definition) is 3. The number of rotatable bonds is 13. The predicted molar refractivity (Wildman–Crippen MR) is 126 cm³/mol. The van der Waals surface area contributed by atoms with Crippen LogP contribution in [0.3, 0.4) is 0 Å². The first-order chi connectivity index (χ1) is 15.0. The second-order valence-electron chi connectivity index (χ2n) is 8.38. The van der Waals surface area contributed by atoms with E-state index in [0.29, 0.717) is 25.6 Å². The fraction of sp³-hybridized carbons (Fsp3) is 0.625. The van der Waals surface area contributed by atoms with Crippen LogP contribution in [-0.4, -0.2) is 34.9 Å². The van der Waals surface area contributed by atoms with Crippen molar-refractivity contribution in [3.63, 3.8) is 0 Å². The number of urea groups is 1. The van der Waals surface area contributed by atoms with Crippen LogP contribution in [0.25, 0.3) is 0 Å². The largest absolute Gasteiger partial charge is 0.369 e. The van der Waals surface area contributed by atoms with Gasteiger partial charge in [0.05, 0.1) is 6.54 Å². The number of carbonyl (C=O) groups is 2. The Morgan fingerprint density at radius 1 is 0.968 bits per heavy atom. The fourth-order valence-electron chi connectivity index (χ4n) is 3.79. The summed E-state index contributed by atoms with van der Waals surface area (Å²) in [5, 5.41) is 5.70. The highest BCUT2D eigenvalue weighted by molar-refractivity contribution is 6.06. The smallest absolute Gasteiger partial charge is 0.315 e. The van der Waals surface area contributed by atoms with Gasteiger partial charge in [-0.1, -0.05) is 77.1 Å². The van der Waals surface area contributed by atoms with Gasteiger partial charge in [0.15, 0.2) is 5.96 Å². The number of aliphatic imine (C=N–C) groups is 1.